The first-order chi connectivity index (χ1) is 6.10. The number of hydrogen-bond acceptors (Lipinski definition) is 2. The molecule has 1 atom stereocenters. The first-order valence-electron chi connectivity index (χ1n) is 4.55. The molecule has 0 fully saturated rings. The van der Waals surface area contributed by atoms with Crippen LogP contribution in [0.4, 0.5) is 0 Å². The van der Waals surface area contributed by atoms with Gasteiger partial charge in [-0.25, -0.2) is 0 Å². The highest BCUT2D eigenvalue weighted by molar-refractivity contribution is 5.84. The number of amides is 1. The fourth-order valence-electron chi connectivity index (χ4n) is 0.872. The first kappa shape index (κ1) is 12.2. The Balaban J connectivity index is 3.99. The van der Waals surface area contributed by atoms with Crippen molar-refractivity contribution < 1.29 is 9.53 Å². The number of nitrogens with one attached hydrogen (secondary N) is 1. The van der Waals surface area contributed by atoms with E-state index in [2.05, 4.69) is 11.9 Å². The summed E-state index contributed by atoms with van der Waals surface area (Å²) in [6, 6.07) is 0. The molecule has 1 unspecified atom stereocenters. The van der Waals surface area contributed by atoms with E-state index in [1.54, 1.807) is 20.1 Å². The molecule has 0 rings (SSSR count). The molecular formula is C10H19NO2. The van der Waals surface area contributed by atoms with E-state index in [4.69, 9.17) is 4.74 Å². The second-order valence-electron chi connectivity index (χ2n) is 3.12. The van der Waals surface area contributed by atoms with Crippen LogP contribution in [0.5, 0.6) is 0 Å². The minimum absolute atomic E-state index is 0.0562. The fraction of sp³-hybridized carbons (Fsp3) is 0.700. The lowest BCUT2D eigenvalue weighted by atomic mass is 10.0. The largest absolute Gasteiger partial charge is 0.369 e. The van der Waals surface area contributed by atoms with Gasteiger partial charge in [0.1, 0.15) is 5.60 Å². The molecule has 0 radical (unpaired) electrons. The first-order valence-corrected chi connectivity index (χ1v) is 4.55. The second kappa shape index (κ2) is 5.75. The van der Waals surface area contributed by atoms with Crippen LogP contribution in [0.3, 0.4) is 0 Å². The van der Waals surface area contributed by atoms with Crippen LogP contribution in [0.1, 0.15) is 26.7 Å². The topological polar surface area (TPSA) is 38.3 Å². The lowest BCUT2D eigenvalue weighted by Crippen LogP contribution is -2.45. The lowest BCUT2D eigenvalue weighted by molar-refractivity contribution is -0.141. The van der Waals surface area contributed by atoms with Crippen molar-refractivity contribution in [3.63, 3.8) is 0 Å². The summed E-state index contributed by atoms with van der Waals surface area (Å²) in [6.07, 6.45) is 3.23. The van der Waals surface area contributed by atoms with Crippen LogP contribution in [0.2, 0.25) is 0 Å². The van der Waals surface area contributed by atoms with Gasteiger partial charge >= 0.3 is 0 Å². The van der Waals surface area contributed by atoms with Gasteiger partial charge in [0.05, 0.1) is 0 Å². The van der Waals surface area contributed by atoms with E-state index in [-0.39, 0.29) is 5.91 Å². The van der Waals surface area contributed by atoms with Gasteiger partial charge in [0, 0.05) is 13.7 Å². The molecule has 13 heavy (non-hydrogen) atoms. The number of hydrogen-bond donors (Lipinski definition) is 1. The zero-order valence-corrected chi connectivity index (χ0v) is 8.72. The standard InChI is InChI=1S/C10H19NO2/c1-5-7-8-11-9(12)10(3,6-2)13-4/h5H,1,6-8H2,2-4H3,(H,11,12). The van der Waals surface area contributed by atoms with Crippen molar-refractivity contribution in [1.82, 2.24) is 5.32 Å². The van der Waals surface area contributed by atoms with Crippen molar-refractivity contribution in [3.05, 3.63) is 12.7 Å². The summed E-state index contributed by atoms with van der Waals surface area (Å²) in [5.74, 6) is -0.0562. The van der Waals surface area contributed by atoms with E-state index in [1.807, 2.05) is 6.92 Å². The summed E-state index contributed by atoms with van der Waals surface area (Å²) < 4.78 is 5.14. The van der Waals surface area contributed by atoms with Gasteiger partial charge in [0.2, 0.25) is 0 Å². The molecule has 0 heterocycles. The van der Waals surface area contributed by atoms with Gasteiger partial charge in [0.25, 0.3) is 5.91 Å². The molecule has 0 aliphatic carbocycles. The Kier molecular flexibility index (Phi) is 5.39. The maximum absolute atomic E-state index is 11.5. The Morgan fingerprint density at radius 2 is 2.31 bits per heavy atom. The number of carbonyl (C=O) groups excluding carboxylic acids is 1. The van der Waals surface area contributed by atoms with Crippen LogP contribution in [0.15, 0.2) is 12.7 Å². The van der Waals surface area contributed by atoms with Crippen molar-refractivity contribution in [3.8, 4) is 0 Å². The number of ether oxygens (including phenoxy) is 1. The van der Waals surface area contributed by atoms with E-state index in [9.17, 15) is 4.79 Å². The normalized spacial score (nSPS) is 14.7. The highest BCUT2D eigenvalue weighted by atomic mass is 16.5. The van der Waals surface area contributed by atoms with Gasteiger partial charge in [-0.2, -0.15) is 0 Å². The van der Waals surface area contributed by atoms with Crippen LogP contribution in [0.25, 0.3) is 0 Å². The van der Waals surface area contributed by atoms with Crippen molar-refractivity contribution in [2.24, 2.45) is 0 Å². The molecule has 0 saturated carbocycles. The summed E-state index contributed by atoms with van der Waals surface area (Å²) in [6.45, 7) is 7.92. The van der Waals surface area contributed by atoms with Gasteiger partial charge in [-0.05, 0) is 19.8 Å². The third kappa shape index (κ3) is 3.59. The molecule has 3 heteroatoms. The smallest absolute Gasteiger partial charge is 0.251 e. The SMILES string of the molecule is C=CCCNC(=O)C(C)(CC)OC. The van der Waals surface area contributed by atoms with Crippen molar-refractivity contribution in [2.75, 3.05) is 13.7 Å². The number of methoxy groups -OCH3 is 1. The van der Waals surface area contributed by atoms with Gasteiger partial charge < -0.3 is 10.1 Å². The third-order valence-corrected chi connectivity index (χ3v) is 2.24. The summed E-state index contributed by atoms with van der Waals surface area (Å²) >= 11 is 0. The molecular weight excluding hydrogens is 166 g/mol. The fourth-order valence-corrected chi connectivity index (χ4v) is 0.872. The van der Waals surface area contributed by atoms with Crippen molar-refractivity contribution in [2.45, 2.75) is 32.3 Å². The average molecular weight is 185 g/mol. The summed E-state index contributed by atoms with van der Waals surface area (Å²) in [5, 5.41) is 2.79. The second-order valence-corrected chi connectivity index (χ2v) is 3.12. The van der Waals surface area contributed by atoms with Gasteiger partial charge in [0.15, 0.2) is 0 Å². The molecule has 0 aromatic rings. The molecule has 0 aliphatic heterocycles. The average Bonchev–Trinajstić information content (AvgIpc) is 2.17. The van der Waals surface area contributed by atoms with Gasteiger partial charge in [-0.3, -0.25) is 4.79 Å². The Morgan fingerprint density at radius 1 is 1.69 bits per heavy atom. The molecule has 76 valence electrons. The van der Waals surface area contributed by atoms with Crippen LogP contribution < -0.4 is 5.32 Å². The zero-order chi connectivity index (χ0) is 10.3. The predicted octanol–water partition coefficient (Wildman–Crippen LogP) is 1.49. The molecule has 0 aliphatic rings. The number of carbonyl (C=O) groups is 1. The quantitative estimate of drug-likeness (QED) is 0.503. The Morgan fingerprint density at radius 3 is 2.69 bits per heavy atom. The minimum Gasteiger partial charge on any atom is -0.369 e. The molecule has 0 bridgehead atoms. The van der Waals surface area contributed by atoms with E-state index < -0.39 is 5.60 Å². The van der Waals surface area contributed by atoms with E-state index in [1.165, 1.54) is 0 Å². The summed E-state index contributed by atoms with van der Waals surface area (Å²) in [4.78, 5) is 11.5. The summed E-state index contributed by atoms with van der Waals surface area (Å²) in [5.41, 5.74) is -0.693. The molecule has 0 saturated heterocycles. The Labute approximate surface area is 80.2 Å². The maximum atomic E-state index is 11.5. The zero-order valence-electron chi connectivity index (χ0n) is 8.72. The third-order valence-electron chi connectivity index (χ3n) is 2.24. The minimum atomic E-state index is -0.693. The number of rotatable bonds is 6. The molecule has 0 aromatic carbocycles. The van der Waals surface area contributed by atoms with E-state index in [0.717, 1.165) is 6.42 Å². The maximum Gasteiger partial charge on any atom is 0.251 e. The monoisotopic (exact) mass is 185 g/mol. The molecule has 3 nitrogen and oxygen atoms in total. The molecule has 1 amide bonds. The van der Waals surface area contributed by atoms with Crippen molar-refractivity contribution >= 4 is 5.91 Å². The Bertz CT molecular complexity index is 174. The van der Waals surface area contributed by atoms with Crippen LogP contribution in [0, 0.1) is 0 Å². The highest BCUT2D eigenvalue weighted by Crippen LogP contribution is 2.13. The molecule has 0 spiro atoms. The summed E-state index contributed by atoms with van der Waals surface area (Å²) in [7, 11) is 1.55. The van der Waals surface area contributed by atoms with Gasteiger partial charge in [-0.15, -0.1) is 6.58 Å². The highest BCUT2D eigenvalue weighted by Gasteiger charge is 2.30. The van der Waals surface area contributed by atoms with E-state index >= 15 is 0 Å². The Hall–Kier alpha value is -0.830. The van der Waals surface area contributed by atoms with Crippen LogP contribution in [-0.4, -0.2) is 25.2 Å². The van der Waals surface area contributed by atoms with Crippen molar-refractivity contribution in [1.29, 1.82) is 0 Å². The molecule has 0 aromatic heterocycles. The lowest BCUT2D eigenvalue weighted by Gasteiger charge is -2.24. The van der Waals surface area contributed by atoms with Crippen LogP contribution in [-0.2, 0) is 9.53 Å². The molecule has 1 N–H and O–H groups in total. The predicted molar refractivity (Wildman–Crippen MR) is 53.5 cm³/mol. The van der Waals surface area contributed by atoms with E-state index in [0.29, 0.717) is 13.0 Å². The van der Waals surface area contributed by atoms with Gasteiger partial charge in [-0.1, -0.05) is 13.0 Å². The van der Waals surface area contributed by atoms with Crippen LogP contribution >= 0.6 is 0 Å².